The molecule has 0 heterocycles. The third-order valence-electron chi connectivity index (χ3n) is 17.7. The first-order valence-corrected chi connectivity index (χ1v) is 38.6. The normalized spacial score (nSPS) is 11.9. The van der Waals surface area contributed by atoms with E-state index < -0.39 is 124 Å². The third kappa shape index (κ3) is 58.9. The Morgan fingerprint density at radius 3 is 0.910 bits per heavy atom. The van der Waals surface area contributed by atoms with Gasteiger partial charge in [0.1, 0.15) is 32.5 Å². The Morgan fingerprint density at radius 2 is 0.620 bits per heavy atom. The maximum atomic E-state index is 14.4. The third-order valence-corrected chi connectivity index (χ3v) is 17.7. The van der Waals surface area contributed by atoms with E-state index in [1.807, 2.05) is 0 Å². The summed E-state index contributed by atoms with van der Waals surface area (Å²) < 4.78 is 34.1. The summed E-state index contributed by atoms with van der Waals surface area (Å²) in [5.74, 6) is -10.4. The number of unbranched alkanes of at least 4 members (excludes halogenated alkanes) is 36. The standard InChI is InChI=1S/C76H135N3O21/c1-4-7-10-13-16-19-22-25-28-31-34-37-40-46-70(88)98-62-76(63-99-71(89)47-41-38-35-32-29-26-23-20-17-14-11-8-5-2,64-100-72(90)48-42-39-36-33-30-27-24-21-18-15-12-9-6-3)75(94)97-55-44-43-53-95-54-45-56-96-73(91)57-65(74(92)93)79(51-49-77(58-66(80)81)59-67(82)83)52-50-78(60-68(84)85)61-69(86)87/h43-44,65H,4-42,45-64H2,1-3H3,(H,80,81)(H,82,83)(H,84,85)(H,86,87)(H,92,93)/b44-43+. The number of hydrogen-bond acceptors (Lipinski definition) is 19. The highest BCUT2D eigenvalue weighted by Gasteiger charge is 2.45. The van der Waals surface area contributed by atoms with Crippen LogP contribution < -0.4 is 0 Å². The molecule has 1 unspecified atom stereocenters. The van der Waals surface area contributed by atoms with Gasteiger partial charge in [-0.2, -0.15) is 0 Å². The van der Waals surface area contributed by atoms with Crippen LogP contribution in [0.4, 0.5) is 0 Å². The Morgan fingerprint density at radius 1 is 0.330 bits per heavy atom. The maximum absolute atomic E-state index is 14.4. The first-order chi connectivity index (χ1) is 48.3. The Labute approximate surface area is 599 Å². The summed E-state index contributed by atoms with van der Waals surface area (Å²) >= 11 is 0. The van der Waals surface area contributed by atoms with Crippen LogP contribution in [0.15, 0.2) is 12.2 Å². The molecule has 0 aromatic carbocycles. The molecule has 0 aromatic heterocycles. The van der Waals surface area contributed by atoms with E-state index in [9.17, 15) is 73.5 Å². The van der Waals surface area contributed by atoms with Crippen LogP contribution in [-0.2, 0) is 76.4 Å². The van der Waals surface area contributed by atoms with Crippen molar-refractivity contribution in [2.45, 2.75) is 309 Å². The summed E-state index contributed by atoms with van der Waals surface area (Å²) in [4.78, 5) is 129. The van der Waals surface area contributed by atoms with Crippen LogP contribution in [0.5, 0.6) is 0 Å². The van der Waals surface area contributed by atoms with Crippen molar-refractivity contribution in [3.8, 4) is 0 Å². The second-order valence-corrected chi connectivity index (χ2v) is 27.0. The van der Waals surface area contributed by atoms with E-state index >= 15 is 0 Å². The number of hydrogen-bond donors (Lipinski definition) is 5. The van der Waals surface area contributed by atoms with Gasteiger partial charge >= 0.3 is 59.7 Å². The smallest absolute Gasteiger partial charge is 0.322 e. The summed E-state index contributed by atoms with van der Waals surface area (Å²) in [5.41, 5.74) is -1.89. The summed E-state index contributed by atoms with van der Waals surface area (Å²) in [6.45, 7) is 0.515. The Bertz CT molecular complexity index is 2000. The zero-order valence-electron chi connectivity index (χ0n) is 62.1. The van der Waals surface area contributed by atoms with Gasteiger partial charge in [0.05, 0.1) is 52.4 Å². The molecule has 0 aromatic rings. The van der Waals surface area contributed by atoms with Gasteiger partial charge < -0.3 is 54.0 Å². The van der Waals surface area contributed by atoms with Crippen LogP contribution in [0, 0.1) is 5.41 Å². The molecule has 0 aliphatic heterocycles. The summed E-state index contributed by atoms with van der Waals surface area (Å²) in [6, 6.07) is -1.63. The van der Waals surface area contributed by atoms with Crippen LogP contribution in [0.1, 0.15) is 303 Å². The van der Waals surface area contributed by atoms with E-state index in [0.29, 0.717) is 19.3 Å². The van der Waals surface area contributed by atoms with Crippen molar-refractivity contribution in [1.82, 2.24) is 14.7 Å². The minimum atomic E-state index is -1.89. The van der Waals surface area contributed by atoms with Gasteiger partial charge in [0, 0.05) is 51.9 Å². The predicted octanol–water partition coefficient (Wildman–Crippen LogP) is 14.2. The van der Waals surface area contributed by atoms with Crippen molar-refractivity contribution in [1.29, 1.82) is 0 Å². The number of ether oxygens (including phenoxy) is 6. The minimum absolute atomic E-state index is 0.0126. The molecule has 0 bridgehead atoms. The van der Waals surface area contributed by atoms with Crippen molar-refractivity contribution in [2.24, 2.45) is 5.41 Å². The fraction of sp³-hybridized carbons (Fsp3) is 0.842. The van der Waals surface area contributed by atoms with Crippen LogP contribution in [0.3, 0.4) is 0 Å². The molecule has 1 atom stereocenters. The molecule has 0 saturated heterocycles. The van der Waals surface area contributed by atoms with E-state index in [1.54, 1.807) is 6.08 Å². The van der Waals surface area contributed by atoms with Crippen LogP contribution in [0.2, 0.25) is 0 Å². The van der Waals surface area contributed by atoms with Crippen molar-refractivity contribution in [3.05, 3.63) is 12.2 Å². The average molecular weight is 1430 g/mol. The number of carbonyl (C=O) groups is 10. The Hall–Kier alpha value is -5.72. The second-order valence-electron chi connectivity index (χ2n) is 27.0. The highest BCUT2D eigenvalue weighted by atomic mass is 16.6. The van der Waals surface area contributed by atoms with E-state index in [-0.39, 0.29) is 78.3 Å². The summed E-state index contributed by atoms with van der Waals surface area (Å²) in [5, 5.41) is 47.5. The lowest BCUT2D eigenvalue weighted by Gasteiger charge is -2.32. The topological polar surface area (TPSA) is 337 Å². The van der Waals surface area contributed by atoms with Crippen molar-refractivity contribution in [3.63, 3.8) is 0 Å². The quantitative estimate of drug-likeness (QED) is 0.0163. The molecule has 0 saturated carbocycles. The highest BCUT2D eigenvalue weighted by Crippen LogP contribution is 2.25. The van der Waals surface area contributed by atoms with E-state index in [2.05, 4.69) is 20.8 Å². The van der Waals surface area contributed by atoms with Crippen LogP contribution in [-0.4, -0.2) is 205 Å². The molecule has 5 N–H and O–H groups in total. The average Bonchev–Trinajstić information content (AvgIpc) is 0.832. The van der Waals surface area contributed by atoms with E-state index in [1.165, 1.54) is 165 Å². The molecule has 0 aliphatic carbocycles. The molecule has 0 spiro atoms. The number of carboxylic acid groups (broad SMARTS) is 5. The summed E-state index contributed by atoms with van der Waals surface area (Å²) in [6.07, 6.45) is 47.2. The predicted molar refractivity (Wildman–Crippen MR) is 384 cm³/mol. The zero-order valence-corrected chi connectivity index (χ0v) is 62.1. The molecule has 24 heteroatoms. The molecule has 0 aliphatic rings. The number of nitrogens with zero attached hydrogens (tertiary/aromatic N) is 3. The van der Waals surface area contributed by atoms with Gasteiger partial charge in [0.2, 0.25) is 0 Å². The monoisotopic (exact) mass is 1430 g/mol. The van der Waals surface area contributed by atoms with Gasteiger partial charge in [0.25, 0.3) is 0 Å². The zero-order chi connectivity index (χ0) is 74.0. The fourth-order valence-electron chi connectivity index (χ4n) is 11.7. The van der Waals surface area contributed by atoms with E-state index in [4.69, 9.17) is 28.4 Å². The first-order valence-electron chi connectivity index (χ1n) is 38.6. The van der Waals surface area contributed by atoms with Crippen LogP contribution in [0.25, 0.3) is 0 Å². The van der Waals surface area contributed by atoms with Gasteiger partial charge in [-0.3, -0.25) is 62.6 Å². The second kappa shape index (κ2) is 66.5. The van der Waals surface area contributed by atoms with Crippen molar-refractivity contribution < 1.29 is 102 Å². The molecule has 100 heavy (non-hydrogen) atoms. The number of carboxylic acids is 5. The first kappa shape index (κ1) is 94.3. The fourth-order valence-corrected chi connectivity index (χ4v) is 11.7. The molecular weight excluding hydrogens is 1290 g/mol. The van der Waals surface area contributed by atoms with Crippen LogP contribution >= 0.6 is 0 Å². The molecule has 24 nitrogen and oxygen atoms in total. The van der Waals surface area contributed by atoms with Crippen molar-refractivity contribution in [2.75, 3.05) is 98.6 Å². The van der Waals surface area contributed by atoms with Gasteiger partial charge in [-0.05, 0) is 25.3 Å². The SMILES string of the molecule is CCCCCCCCCCCCCCCC(=O)OCC(COC(=O)CCCCCCCCCCCCCCC)(COC(=O)CCCCCCCCCCCCCCC)C(=O)OC/C=C/COCCCOC(=O)CC(C(=O)O)N(CCN(CC(=O)O)CC(=O)O)CCN(CC(=O)O)CC(=O)O. The van der Waals surface area contributed by atoms with Gasteiger partial charge in [0.15, 0.2) is 5.41 Å². The van der Waals surface area contributed by atoms with Gasteiger partial charge in [-0.15, -0.1) is 0 Å². The number of carbonyl (C=O) groups excluding carboxylic acids is 5. The number of aliphatic carboxylic acids is 5. The largest absolute Gasteiger partial charge is 0.480 e. The lowest BCUT2D eigenvalue weighted by Crippen LogP contribution is -2.50. The van der Waals surface area contributed by atoms with E-state index in [0.717, 1.165) is 86.8 Å². The number of esters is 5. The highest BCUT2D eigenvalue weighted by molar-refractivity contribution is 5.82. The summed E-state index contributed by atoms with van der Waals surface area (Å²) in [7, 11) is 0. The maximum Gasteiger partial charge on any atom is 0.322 e. The molecule has 580 valence electrons. The molecule has 0 radical (unpaired) electrons. The molecule has 0 rings (SSSR count). The number of rotatable bonds is 75. The molecule has 0 amide bonds. The molecular formula is C76H135N3O21. The lowest BCUT2D eigenvalue weighted by atomic mass is 9.91. The Balaban J connectivity index is 6.05. The van der Waals surface area contributed by atoms with Gasteiger partial charge in [-0.1, -0.05) is 258 Å². The van der Waals surface area contributed by atoms with Gasteiger partial charge in [-0.25, -0.2) is 0 Å². The van der Waals surface area contributed by atoms with Crippen molar-refractivity contribution >= 4 is 59.7 Å². The lowest BCUT2D eigenvalue weighted by molar-refractivity contribution is -0.179. The molecule has 0 fully saturated rings. The Kier molecular flexibility index (Phi) is 62.7. The minimum Gasteiger partial charge on any atom is -0.480 e.